The van der Waals surface area contributed by atoms with Crippen LogP contribution in [0.1, 0.15) is 18.7 Å². The molecule has 110 valence electrons. The van der Waals surface area contributed by atoms with E-state index < -0.39 is 12.0 Å². The van der Waals surface area contributed by atoms with Gasteiger partial charge in [0.05, 0.1) is 6.54 Å². The molecule has 0 aliphatic carbocycles. The lowest BCUT2D eigenvalue weighted by atomic mass is 10.4. The summed E-state index contributed by atoms with van der Waals surface area (Å²) in [6, 6.07) is 1.16. The first-order chi connectivity index (χ1) is 9.36. The lowest BCUT2D eigenvalue weighted by Gasteiger charge is -2.16. The molecule has 0 radical (unpaired) electrons. The van der Waals surface area contributed by atoms with Crippen LogP contribution in [0.4, 0.5) is 24.8 Å². The summed E-state index contributed by atoms with van der Waals surface area (Å²) in [6.45, 7) is 1.24. The van der Waals surface area contributed by atoms with Crippen molar-refractivity contribution >= 4 is 17.5 Å². The maximum atomic E-state index is 12.5. The minimum Gasteiger partial charge on any atom is -0.384 e. The van der Waals surface area contributed by atoms with E-state index in [4.69, 9.17) is 5.73 Å². The fourth-order valence-electron chi connectivity index (χ4n) is 1.93. The molecule has 1 saturated heterocycles. The fourth-order valence-corrected chi connectivity index (χ4v) is 1.93. The molecule has 0 spiro atoms. The molecule has 3 N–H and O–H groups in total. The Labute approximate surface area is 113 Å². The molecular formula is C11H14F3N5O. The number of alkyl halides is 3. The van der Waals surface area contributed by atoms with Gasteiger partial charge in [0.1, 0.15) is 11.6 Å². The number of nitrogens with one attached hydrogen (secondary N) is 1. The van der Waals surface area contributed by atoms with Gasteiger partial charge in [-0.15, -0.1) is 0 Å². The Balaban J connectivity index is 2.02. The van der Waals surface area contributed by atoms with Gasteiger partial charge in [-0.3, -0.25) is 4.79 Å². The molecule has 0 unspecified atom stereocenters. The first kappa shape index (κ1) is 14.4. The van der Waals surface area contributed by atoms with Crippen LogP contribution in [0.2, 0.25) is 0 Å². The van der Waals surface area contributed by atoms with Crippen molar-refractivity contribution in [2.24, 2.45) is 0 Å². The molecule has 1 aromatic heterocycles. The average Bonchev–Trinajstić information content (AvgIpc) is 2.88. The lowest BCUT2D eigenvalue weighted by Crippen LogP contribution is -2.33. The summed E-state index contributed by atoms with van der Waals surface area (Å²) in [4.78, 5) is 19.8. The summed E-state index contributed by atoms with van der Waals surface area (Å²) in [7, 11) is 0. The Hall–Kier alpha value is -2.06. The second kappa shape index (κ2) is 5.51. The van der Waals surface area contributed by atoms with Gasteiger partial charge in [0.25, 0.3) is 0 Å². The predicted octanol–water partition coefficient (Wildman–Crippen LogP) is 1.11. The minimum atomic E-state index is -4.68. The van der Waals surface area contributed by atoms with Crippen LogP contribution in [-0.2, 0) is 11.0 Å². The third-order valence-electron chi connectivity index (χ3n) is 2.88. The number of amides is 1. The van der Waals surface area contributed by atoms with Crippen LogP contribution < -0.4 is 11.1 Å². The zero-order chi connectivity index (χ0) is 14.8. The summed E-state index contributed by atoms with van der Waals surface area (Å²) in [6.07, 6.45) is -2.78. The maximum Gasteiger partial charge on any atom is 0.451 e. The first-order valence-corrected chi connectivity index (χ1v) is 6.09. The average molecular weight is 289 g/mol. The smallest absolute Gasteiger partial charge is 0.384 e. The van der Waals surface area contributed by atoms with Crippen molar-refractivity contribution in [3.63, 3.8) is 0 Å². The van der Waals surface area contributed by atoms with E-state index >= 15 is 0 Å². The normalized spacial score (nSPS) is 15.4. The van der Waals surface area contributed by atoms with E-state index in [1.807, 2.05) is 0 Å². The number of halogens is 3. The number of rotatable bonds is 3. The molecule has 0 aromatic carbocycles. The molecule has 1 aliphatic rings. The molecule has 1 aliphatic heterocycles. The summed E-state index contributed by atoms with van der Waals surface area (Å²) >= 11 is 0. The van der Waals surface area contributed by atoms with Crippen molar-refractivity contribution in [2.45, 2.75) is 19.0 Å². The number of anilines is 2. The number of hydrogen-bond donors (Lipinski definition) is 2. The molecule has 6 nitrogen and oxygen atoms in total. The number of nitrogen functional groups attached to an aromatic ring is 1. The van der Waals surface area contributed by atoms with Gasteiger partial charge >= 0.3 is 6.18 Å². The van der Waals surface area contributed by atoms with Crippen LogP contribution in [0.25, 0.3) is 0 Å². The molecule has 1 aromatic rings. The summed E-state index contributed by atoms with van der Waals surface area (Å²) in [5.41, 5.74) is 5.30. The number of aromatic nitrogens is 2. The summed E-state index contributed by atoms with van der Waals surface area (Å²) in [5.74, 6) is -1.91. The number of likely N-dealkylation sites (tertiary alicyclic amines) is 1. The van der Waals surface area contributed by atoms with Crippen molar-refractivity contribution in [3.8, 4) is 0 Å². The van der Waals surface area contributed by atoms with Crippen molar-refractivity contribution < 1.29 is 18.0 Å². The highest BCUT2D eigenvalue weighted by Crippen LogP contribution is 2.27. The van der Waals surface area contributed by atoms with Crippen molar-refractivity contribution in [3.05, 3.63) is 11.9 Å². The molecule has 9 heteroatoms. The van der Waals surface area contributed by atoms with Crippen LogP contribution >= 0.6 is 0 Å². The Bertz CT molecular complexity index is 499. The summed E-state index contributed by atoms with van der Waals surface area (Å²) in [5, 5.41) is 2.55. The number of carbonyl (C=O) groups excluding carboxylic acids is 1. The topological polar surface area (TPSA) is 84.1 Å². The molecular weight excluding hydrogens is 275 g/mol. The van der Waals surface area contributed by atoms with Crippen LogP contribution in [0.3, 0.4) is 0 Å². The highest BCUT2D eigenvalue weighted by atomic mass is 19.4. The van der Waals surface area contributed by atoms with Gasteiger partial charge in [-0.25, -0.2) is 9.97 Å². The molecule has 2 heterocycles. The molecule has 1 amide bonds. The van der Waals surface area contributed by atoms with Crippen LogP contribution in [0.15, 0.2) is 6.07 Å². The summed E-state index contributed by atoms with van der Waals surface area (Å²) < 4.78 is 37.5. The largest absolute Gasteiger partial charge is 0.451 e. The third kappa shape index (κ3) is 3.49. The molecule has 0 saturated carbocycles. The zero-order valence-corrected chi connectivity index (χ0v) is 10.6. The van der Waals surface area contributed by atoms with Crippen LogP contribution in [0, 0.1) is 0 Å². The first-order valence-electron chi connectivity index (χ1n) is 6.09. The monoisotopic (exact) mass is 289 g/mol. The number of nitrogens with two attached hydrogens (primary N) is 1. The second-order valence-electron chi connectivity index (χ2n) is 4.44. The maximum absolute atomic E-state index is 12.5. The fraction of sp³-hybridized carbons (Fsp3) is 0.545. The Morgan fingerprint density at radius 3 is 2.60 bits per heavy atom. The molecule has 0 bridgehead atoms. The van der Waals surface area contributed by atoms with Gasteiger partial charge < -0.3 is 16.0 Å². The Morgan fingerprint density at radius 2 is 2.00 bits per heavy atom. The second-order valence-corrected chi connectivity index (χ2v) is 4.44. The molecule has 1 fully saturated rings. The Kier molecular flexibility index (Phi) is 3.96. The van der Waals surface area contributed by atoms with Gasteiger partial charge in [0.2, 0.25) is 11.7 Å². The minimum absolute atomic E-state index is 0.114. The quantitative estimate of drug-likeness (QED) is 0.871. The van der Waals surface area contributed by atoms with Gasteiger partial charge in [-0.05, 0) is 12.8 Å². The van der Waals surface area contributed by atoms with Gasteiger partial charge in [0, 0.05) is 19.2 Å². The van der Waals surface area contributed by atoms with E-state index in [1.165, 1.54) is 0 Å². The van der Waals surface area contributed by atoms with Crippen LogP contribution in [-0.4, -0.2) is 40.4 Å². The molecule has 2 rings (SSSR count). The zero-order valence-electron chi connectivity index (χ0n) is 10.6. The highest BCUT2D eigenvalue weighted by Gasteiger charge is 2.35. The van der Waals surface area contributed by atoms with Crippen molar-refractivity contribution in [1.82, 2.24) is 14.9 Å². The number of nitrogens with zero attached hydrogens (tertiary/aromatic N) is 3. The standard InChI is InChI=1S/C11H14F3N5O/c12-11(13,14)10-17-7(15)5-8(18-10)16-6-9(20)19-3-1-2-4-19/h5H,1-4,6H2,(H3,15,16,17,18). The van der Waals surface area contributed by atoms with E-state index in [-0.39, 0.29) is 24.1 Å². The van der Waals surface area contributed by atoms with Crippen molar-refractivity contribution in [1.29, 1.82) is 0 Å². The van der Waals surface area contributed by atoms with E-state index in [2.05, 4.69) is 15.3 Å². The van der Waals surface area contributed by atoms with E-state index in [9.17, 15) is 18.0 Å². The van der Waals surface area contributed by atoms with E-state index in [0.29, 0.717) is 13.1 Å². The third-order valence-corrected chi connectivity index (χ3v) is 2.88. The van der Waals surface area contributed by atoms with Gasteiger partial charge in [0.15, 0.2) is 0 Å². The lowest BCUT2D eigenvalue weighted by molar-refractivity contribution is -0.144. The number of carbonyl (C=O) groups is 1. The van der Waals surface area contributed by atoms with E-state index in [0.717, 1.165) is 18.9 Å². The van der Waals surface area contributed by atoms with Crippen molar-refractivity contribution in [2.75, 3.05) is 30.7 Å². The van der Waals surface area contributed by atoms with Gasteiger partial charge in [-0.1, -0.05) is 0 Å². The highest BCUT2D eigenvalue weighted by molar-refractivity contribution is 5.80. The van der Waals surface area contributed by atoms with Gasteiger partial charge in [-0.2, -0.15) is 13.2 Å². The van der Waals surface area contributed by atoms with E-state index in [1.54, 1.807) is 4.90 Å². The predicted molar refractivity (Wildman–Crippen MR) is 65.8 cm³/mol. The van der Waals surface area contributed by atoms with Crippen LogP contribution in [0.5, 0.6) is 0 Å². The Morgan fingerprint density at radius 1 is 1.35 bits per heavy atom. The molecule has 0 atom stereocenters. The number of hydrogen-bond acceptors (Lipinski definition) is 5. The SMILES string of the molecule is Nc1cc(NCC(=O)N2CCCC2)nc(C(F)(F)F)n1. The molecule has 20 heavy (non-hydrogen) atoms.